The van der Waals surface area contributed by atoms with Gasteiger partial charge in [0.1, 0.15) is 25.1 Å². The van der Waals surface area contributed by atoms with Crippen LogP contribution in [0.4, 0.5) is 0 Å². The molecule has 8 nitrogen and oxygen atoms in total. The second-order valence-corrected chi connectivity index (χ2v) is 9.30. The Kier molecular flexibility index (Phi) is 12.4. The normalized spacial score (nSPS) is 13.9. The summed E-state index contributed by atoms with van der Waals surface area (Å²) in [6.45, 7) is 5.43. The summed E-state index contributed by atoms with van der Waals surface area (Å²) in [6, 6.07) is 12.2. The quantitative estimate of drug-likeness (QED) is 0.253. The van der Waals surface area contributed by atoms with Gasteiger partial charge >= 0.3 is 0 Å². The number of hydrogen-bond donors (Lipinski definition) is 3. The van der Waals surface area contributed by atoms with Crippen molar-refractivity contribution in [2.45, 2.75) is 71.6 Å². The second kappa shape index (κ2) is 15.2. The number of methoxy groups -OCH3 is 1. The predicted molar refractivity (Wildman–Crippen MR) is 145 cm³/mol. The van der Waals surface area contributed by atoms with Crippen molar-refractivity contribution in [3.63, 3.8) is 0 Å². The van der Waals surface area contributed by atoms with Crippen LogP contribution < -0.4 is 24.8 Å². The van der Waals surface area contributed by atoms with Crippen LogP contribution in [0, 0.1) is 0 Å². The number of aliphatic hydroxyl groups is 1. The molecule has 1 amide bonds. The molecule has 0 saturated heterocycles. The van der Waals surface area contributed by atoms with Crippen molar-refractivity contribution in [2.24, 2.45) is 0 Å². The van der Waals surface area contributed by atoms with E-state index >= 15 is 0 Å². The lowest BCUT2D eigenvalue weighted by molar-refractivity contribution is -0.122. The maximum Gasteiger partial charge on any atom is 0.220 e. The van der Waals surface area contributed by atoms with Gasteiger partial charge in [0, 0.05) is 31.0 Å². The highest BCUT2D eigenvalue weighted by Crippen LogP contribution is 2.33. The van der Waals surface area contributed by atoms with Crippen LogP contribution in [0.2, 0.25) is 0 Å². The van der Waals surface area contributed by atoms with Crippen molar-refractivity contribution >= 4 is 11.7 Å². The van der Waals surface area contributed by atoms with Gasteiger partial charge in [-0.2, -0.15) is 0 Å². The maximum atomic E-state index is 12.7. The number of rotatable bonds is 14. The van der Waals surface area contributed by atoms with Crippen molar-refractivity contribution in [2.75, 3.05) is 26.9 Å². The molecule has 3 rings (SSSR count). The van der Waals surface area contributed by atoms with E-state index in [1.54, 1.807) is 49.6 Å². The van der Waals surface area contributed by atoms with Crippen LogP contribution in [-0.4, -0.2) is 55.7 Å². The molecule has 3 N–H and O–H groups in total. The number of hydrogen-bond acceptors (Lipinski definition) is 7. The molecule has 1 aliphatic rings. The summed E-state index contributed by atoms with van der Waals surface area (Å²) in [7, 11) is 1.59. The first-order valence-electron chi connectivity index (χ1n) is 12.6. The number of aliphatic hydroxyl groups excluding tert-OH is 1. The molecule has 0 aliphatic carbocycles. The number of amides is 1. The molecule has 2 atom stereocenters. The largest absolute Gasteiger partial charge is 0.497 e. The van der Waals surface area contributed by atoms with Gasteiger partial charge in [-0.25, -0.2) is 0 Å². The molecular weight excluding hydrogens is 472 g/mol. The molecule has 0 unspecified atom stereocenters. The van der Waals surface area contributed by atoms with Gasteiger partial charge in [-0.15, -0.1) is 0 Å². The number of ketones is 1. The summed E-state index contributed by atoms with van der Waals surface area (Å²) >= 11 is 0. The van der Waals surface area contributed by atoms with Gasteiger partial charge < -0.3 is 30.0 Å². The molecule has 204 valence electrons. The molecule has 37 heavy (non-hydrogen) atoms. The smallest absolute Gasteiger partial charge is 0.220 e. The minimum atomic E-state index is -0.904. The second-order valence-electron chi connectivity index (χ2n) is 9.30. The van der Waals surface area contributed by atoms with E-state index in [0.29, 0.717) is 61.6 Å². The Balaban J connectivity index is 0.00000481. The molecular formula is C29H42N2O6. The van der Waals surface area contributed by atoms with Gasteiger partial charge in [-0.1, -0.05) is 33.8 Å². The number of benzene rings is 2. The molecule has 0 spiro atoms. The molecule has 2 aromatic rings. The third-order valence-corrected chi connectivity index (χ3v) is 6.10. The predicted octanol–water partition coefficient (Wildman–Crippen LogP) is 4.45. The SMILES string of the molecule is C.COc1ccc(C(=O)CCCCCC(=O)N[C@H](CNC(C)C)[C@@H](O)c2ccc3c(c2)OCCO3)cc1. The van der Waals surface area contributed by atoms with Crippen molar-refractivity contribution in [1.29, 1.82) is 0 Å². The van der Waals surface area contributed by atoms with Crippen LogP contribution >= 0.6 is 0 Å². The van der Waals surface area contributed by atoms with E-state index in [9.17, 15) is 14.7 Å². The summed E-state index contributed by atoms with van der Waals surface area (Å²) in [5.41, 5.74) is 1.33. The highest BCUT2D eigenvalue weighted by atomic mass is 16.6. The zero-order valence-corrected chi connectivity index (χ0v) is 21.4. The number of fused-ring (bicyclic) bond motifs is 1. The summed E-state index contributed by atoms with van der Waals surface area (Å²) < 4.78 is 16.3. The van der Waals surface area contributed by atoms with E-state index in [2.05, 4.69) is 10.6 Å². The molecule has 0 aromatic heterocycles. The zero-order chi connectivity index (χ0) is 25.9. The maximum absolute atomic E-state index is 12.7. The Labute approximate surface area is 220 Å². The lowest BCUT2D eigenvalue weighted by Gasteiger charge is -2.27. The minimum Gasteiger partial charge on any atom is -0.497 e. The minimum absolute atomic E-state index is 0. The Morgan fingerprint density at radius 3 is 2.32 bits per heavy atom. The average molecular weight is 515 g/mol. The van der Waals surface area contributed by atoms with E-state index < -0.39 is 12.1 Å². The molecule has 1 heterocycles. The first kappa shape index (κ1) is 30.1. The fourth-order valence-electron chi connectivity index (χ4n) is 4.03. The van der Waals surface area contributed by atoms with E-state index in [1.165, 1.54) is 0 Å². The lowest BCUT2D eigenvalue weighted by Crippen LogP contribution is -2.47. The molecule has 0 saturated carbocycles. The van der Waals surface area contributed by atoms with Crippen molar-refractivity contribution in [3.8, 4) is 17.2 Å². The van der Waals surface area contributed by atoms with E-state index in [1.807, 2.05) is 13.8 Å². The highest BCUT2D eigenvalue weighted by Gasteiger charge is 2.25. The first-order chi connectivity index (χ1) is 17.4. The van der Waals surface area contributed by atoms with Gasteiger partial charge in [-0.3, -0.25) is 9.59 Å². The first-order valence-corrected chi connectivity index (χ1v) is 12.6. The molecule has 2 aromatic carbocycles. The monoisotopic (exact) mass is 514 g/mol. The summed E-state index contributed by atoms with van der Waals surface area (Å²) in [4.78, 5) is 25.0. The lowest BCUT2D eigenvalue weighted by atomic mass is 10.0. The van der Waals surface area contributed by atoms with Gasteiger partial charge in [0.25, 0.3) is 0 Å². The Bertz CT molecular complexity index is 992. The van der Waals surface area contributed by atoms with Crippen LogP contribution in [0.5, 0.6) is 17.2 Å². The van der Waals surface area contributed by atoms with Gasteiger partial charge in [0.05, 0.1) is 13.2 Å². The topological polar surface area (TPSA) is 106 Å². The third kappa shape index (κ3) is 9.37. The molecule has 8 heteroatoms. The molecule has 1 aliphatic heterocycles. The summed E-state index contributed by atoms with van der Waals surface area (Å²) in [6.07, 6.45) is 2.04. The zero-order valence-electron chi connectivity index (χ0n) is 21.4. The van der Waals surface area contributed by atoms with Crippen LogP contribution in [0.25, 0.3) is 0 Å². The number of unbranched alkanes of at least 4 members (excludes halogenated alkanes) is 2. The van der Waals surface area contributed by atoms with E-state index in [0.717, 1.165) is 18.6 Å². The summed E-state index contributed by atoms with van der Waals surface area (Å²) in [5, 5.41) is 17.3. The van der Waals surface area contributed by atoms with Crippen LogP contribution in [-0.2, 0) is 4.79 Å². The van der Waals surface area contributed by atoms with Crippen molar-refractivity contribution in [1.82, 2.24) is 10.6 Å². The van der Waals surface area contributed by atoms with Crippen LogP contribution in [0.3, 0.4) is 0 Å². The average Bonchev–Trinajstić information content (AvgIpc) is 2.90. The van der Waals surface area contributed by atoms with E-state index in [-0.39, 0.29) is 25.2 Å². The number of Topliss-reactive ketones (excluding diaryl/α,β-unsaturated/α-hetero) is 1. The van der Waals surface area contributed by atoms with Crippen molar-refractivity contribution < 1.29 is 28.9 Å². The number of ether oxygens (including phenoxy) is 3. The van der Waals surface area contributed by atoms with Gasteiger partial charge in [0.2, 0.25) is 5.91 Å². The third-order valence-electron chi connectivity index (χ3n) is 6.10. The number of nitrogens with one attached hydrogen (secondary N) is 2. The number of carbonyl (C=O) groups excluding carboxylic acids is 2. The fourth-order valence-corrected chi connectivity index (χ4v) is 4.03. The van der Waals surface area contributed by atoms with Gasteiger partial charge in [0.15, 0.2) is 17.3 Å². The molecule has 0 radical (unpaired) electrons. The van der Waals surface area contributed by atoms with Crippen molar-refractivity contribution in [3.05, 3.63) is 53.6 Å². The summed E-state index contributed by atoms with van der Waals surface area (Å²) in [5.74, 6) is 1.94. The highest BCUT2D eigenvalue weighted by molar-refractivity contribution is 5.96. The Morgan fingerprint density at radius 1 is 0.973 bits per heavy atom. The molecule has 0 bridgehead atoms. The van der Waals surface area contributed by atoms with Crippen LogP contribution in [0.15, 0.2) is 42.5 Å². The molecule has 0 fully saturated rings. The van der Waals surface area contributed by atoms with Gasteiger partial charge in [-0.05, 0) is 54.8 Å². The fraction of sp³-hybridized carbons (Fsp3) is 0.517. The van der Waals surface area contributed by atoms with Crippen LogP contribution in [0.1, 0.15) is 75.4 Å². The number of carbonyl (C=O) groups is 2. The van der Waals surface area contributed by atoms with E-state index in [4.69, 9.17) is 14.2 Å². The Hall–Kier alpha value is -3.10. The standard InChI is InChI=1S/C28H38N2O6.CH4/c1-19(2)29-18-23(28(33)21-11-14-25-26(17-21)36-16-15-35-25)30-27(32)8-6-4-5-7-24(31)20-9-12-22(34-3)13-10-20;/h9-14,17,19,23,28-29,33H,4-8,15-16,18H2,1-3H3,(H,30,32);1H4/t23-,28+;/m1./s1. The Morgan fingerprint density at radius 2 is 1.65 bits per heavy atom.